The van der Waals surface area contributed by atoms with Crippen LogP contribution in [0.5, 0.6) is 0 Å². The molecule has 2 aliphatic heterocycles. The van der Waals surface area contributed by atoms with Gasteiger partial charge in [0.2, 0.25) is 5.91 Å². The van der Waals surface area contributed by atoms with Crippen LogP contribution in [-0.4, -0.2) is 42.9 Å². The Bertz CT molecular complexity index is 1600. The van der Waals surface area contributed by atoms with Crippen LogP contribution in [0.15, 0.2) is 60.9 Å². The van der Waals surface area contributed by atoms with Crippen LogP contribution in [0.2, 0.25) is 0 Å². The van der Waals surface area contributed by atoms with Crippen molar-refractivity contribution in [2.75, 3.05) is 12.3 Å². The maximum atomic E-state index is 13.3. The smallest absolute Gasteiger partial charge is 0.263 e. The average molecular weight is 546 g/mol. The number of anilines is 1. The van der Waals surface area contributed by atoms with E-state index in [4.69, 9.17) is 10.7 Å². The molecular formula is C31H33F2N5O2. The summed E-state index contributed by atoms with van der Waals surface area (Å²) in [4.78, 5) is 24.5. The zero-order valence-electron chi connectivity index (χ0n) is 22.8. The third-order valence-corrected chi connectivity index (χ3v) is 8.69. The monoisotopic (exact) mass is 545 g/mol. The zero-order chi connectivity index (χ0) is 28.4. The Morgan fingerprint density at radius 2 is 1.88 bits per heavy atom. The number of aromatic nitrogens is 3. The average Bonchev–Trinajstić information content (AvgIpc) is 3.44. The lowest BCUT2D eigenvalue weighted by molar-refractivity contribution is -0.136. The molecule has 2 fully saturated rings. The lowest BCUT2D eigenvalue weighted by atomic mass is 9.87. The minimum Gasteiger partial charge on any atom is -0.382 e. The number of carbonyl (C=O) groups is 1. The highest BCUT2D eigenvalue weighted by Gasteiger charge is 2.48. The van der Waals surface area contributed by atoms with Crippen LogP contribution in [0.25, 0.3) is 16.8 Å². The van der Waals surface area contributed by atoms with E-state index in [-0.39, 0.29) is 28.8 Å². The van der Waals surface area contributed by atoms with Crippen molar-refractivity contribution in [1.29, 1.82) is 0 Å². The first kappa shape index (κ1) is 26.4. The van der Waals surface area contributed by atoms with Gasteiger partial charge in [0, 0.05) is 47.4 Å². The normalized spacial score (nSPS) is 22.1. The Morgan fingerprint density at radius 1 is 1.12 bits per heavy atom. The molecule has 2 aromatic heterocycles. The molecule has 0 radical (unpaired) electrons. The summed E-state index contributed by atoms with van der Waals surface area (Å²) in [6, 6.07) is 13.4. The van der Waals surface area contributed by atoms with Gasteiger partial charge in [0.05, 0.1) is 0 Å². The quantitative estimate of drug-likeness (QED) is 0.337. The molecule has 9 heteroatoms. The van der Waals surface area contributed by atoms with Crippen LogP contribution in [-0.2, 0) is 10.4 Å². The molecule has 6 rings (SSSR count). The van der Waals surface area contributed by atoms with E-state index in [0.29, 0.717) is 34.7 Å². The fourth-order valence-electron chi connectivity index (χ4n) is 6.44. The van der Waals surface area contributed by atoms with Crippen LogP contribution < -0.4 is 5.73 Å². The lowest BCUT2D eigenvalue weighted by Crippen LogP contribution is -2.42. The first-order valence-electron chi connectivity index (χ1n) is 13.6. The van der Waals surface area contributed by atoms with Gasteiger partial charge in [-0.05, 0) is 43.4 Å². The maximum Gasteiger partial charge on any atom is 0.263 e. The Labute approximate surface area is 231 Å². The fourth-order valence-corrected chi connectivity index (χ4v) is 6.44. The van der Waals surface area contributed by atoms with Gasteiger partial charge in [0.1, 0.15) is 28.5 Å². The van der Waals surface area contributed by atoms with Crippen molar-refractivity contribution in [1.82, 2.24) is 19.3 Å². The molecule has 0 bridgehead atoms. The Balaban J connectivity index is 1.35. The second-order valence-corrected chi connectivity index (χ2v) is 11.9. The minimum atomic E-state index is -2.62. The van der Waals surface area contributed by atoms with E-state index in [1.165, 1.54) is 18.2 Å². The second-order valence-electron chi connectivity index (χ2n) is 11.9. The van der Waals surface area contributed by atoms with E-state index in [2.05, 4.69) is 4.98 Å². The first-order chi connectivity index (χ1) is 19.0. The van der Waals surface area contributed by atoms with Crippen molar-refractivity contribution in [2.45, 2.75) is 64.0 Å². The summed E-state index contributed by atoms with van der Waals surface area (Å²) in [5.41, 5.74) is 7.51. The lowest BCUT2D eigenvalue weighted by Gasteiger charge is -2.34. The molecule has 2 aromatic carbocycles. The van der Waals surface area contributed by atoms with Crippen LogP contribution in [0.4, 0.5) is 14.6 Å². The van der Waals surface area contributed by atoms with Crippen LogP contribution in [0.1, 0.15) is 74.9 Å². The zero-order valence-corrected chi connectivity index (χ0v) is 22.8. The Morgan fingerprint density at radius 3 is 2.60 bits per heavy atom. The van der Waals surface area contributed by atoms with Gasteiger partial charge in [-0.15, -0.1) is 0 Å². The Hall–Kier alpha value is -3.85. The molecule has 0 aliphatic carbocycles. The molecule has 3 N–H and O–H groups in total. The number of fused-ring (bicyclic) bond motifs is 2. The van der Waals surface area contributed by atoms with Gasteiger partial charge in [-0.25, -0.2) is 18.7 Å². The molecule has 4 heterocycles. The van der Waals surface area contributed by atoms with Crippen molar-refractivity contribution in [3.63, 3.8) is 0 Å². The van der Waals surface area contributed by atoms with E-state index in [1.54, 1.807) is 31.3 Å². The van der Waals surface area contributed by atoms with Crippen molar-refractivity contribution >= 4 is 17.2 Å². The highest BCUT2D eigenvalue weighted by Crippen LogP contribution is 2.44. The number of amides is 1. The largest absolute Gasteiger partial charge is 0.382 e. The number of aliphatic hydroxyl groups is 1. The van der Waals surface area contributed by atoms with Gasteiger partial charge in [-0.1, -0.05) is 56.3 Å². The molecule has 208 valence electrons. The number of benzene rings is 2. The summed E-state index contributed by atoms with van der Waals surface area (Å²) in [7, 11) is 0. The van der Waals surface area contributed by atoms with Crippen LogP contribution in [0, 0.1) is 5.41 Å². The molecule has 1 unspecified atom stereocenters. The molecule has 0 spiro atoms. The molecule has 2 aliphatic rings. The predicted octanol–water partition coefficient (Wildman–Crippen LogP) is 5.68. The molecule has 40 heavy (non-hydrogen) atoms. The van der Waals surface area contributed by atoms with Crippen molar-refractivity contribution in [2.24, 2.45) is 5.41 Å². The summed E-state index contributed by atoms with van der Waals surface area (Å²) in [6.45, 7) is 6.26. The van der Waals surface area contributed by atoms with Gasteiger partial charge in [-0.2, -0.15) is 0 Å². The van der Waals surface area contributed by atoms with Gasteiger partial charge < -0.3 is 15.7 Å². The van der Waals surface area contributed by atoms with Gasteiger partial charge in [0.25, 0.3) is 6.43 Å². The number of imidazole rings is 1. The first-order valence-corrected chi connectivity index (χ1v) is 13.6. The summed E-state index contributed by atoms with van der Waals surface area (Å²) in [6.07, 6.45) is 3.62. The molecule has 2 saturated heterocycles. The third kappa shape index (κ3) is 4.23. The molecule has 0 saturated carbocycles. The third-order valence-electron chi connectivity index (χ3n) is 8.69. The number of hydrogen-bond acceptors (Lipinski definition) is 5. The standard InChI is InChI=1S/C31H33F2N5O2/c1-30(2)16-23-12-9-20(17-38(23)29(30)39)28-36-24(25-27(34)35-13-14-37(25)28)18-7-10-21(11-8-18)31(3,40)22-6-4-5-19(15-22)26(32)33/h4-8,10-11,13-15,20,23,26,40H,9,12,16-17H2,1-3H3,(H2,34,35)/t20-,23+,31?/m1/s1. The summed E-state index contributed by atoms with van der Waals surface area (Å²) in [5, 5.41) is 11.3. The van der Waals surface area contributed by atoms with Gasteiger partial charge in [0.15, 0.2) is 0 Å². The summed E-state index contributed by atoms with van der Waals surface area (Å²) >= 11 is 0. The van der Waals surface area contributed by atoms with Gasteiger partial charge in [-0.3, -0.25) is 9.20 Å². The highest BCUT2D eigenvalue weighted by molar-refractivity contribution is 5.86. The van der Waals surface area contributed by atoms with Crippen molar-refractivity contribution in [3.05, 3.63) is 83.4 Å². The van der Waals surface area contributed by atoms with E-state index >= 15 is 0 Å². The van der Waals surface area contributed by atoms with E-state index in [9.17, 15) is 18.7 Å². The number of hydrogen-bond donors (Lipinski definition) is 2. The summed E-state index contributed by atoms with van der Waals surface area (Å²) in [5.74, 6) is 1.45. The van der Waals surface area contributed by atoms with Crippen LogP contribution in [0.3, 0.4) is 0 Å². The molecular weight excluding hydrogens is 512 g/mol. The van der Waals surface area contributed by atoms with E-state index in [0.717, 1.165) is 30.7 Å². The Kier molecular flexibility index (Phi) is 6.18. The van der Waals surface area contributed by atoms with Crippen LogP contribution >= 0.6 is 0 Å². The number of nitrogen functional groups attached to an aromatic ring is 1. The number of carbonyl (C=O) groups excluding carboxylic acids is 1. The number of piperidine rings is 1. The van der Waals surface area contributed by atoms with Crippen molar-refractivity contribution < 1.29 is 18.7 Å². The van der Waals surface area contributed by atoms with Crippen molar-refractivity contribution in [3.8, 4) is 11.3 Å². The molecule has 4 aromatic rings. The number of rotatable bonds is 5. The molecule has 1 amide bonds. The van der Waals surface area contributed by atoms with Gasteiger partial charge >= 0.3 is 0 Å². The fraction of sp³-hybridized carbons (Fsp3) is 0.387. The highest BCUT2D eigenvalue weighted by atomic mass is 19.3. The minimum absolute atomic E-state index is 0.0549. The number of halogens is 2. The SMILES string of the molecule is CC1(C)C[C@@H]2CC[C@@H](c3nc(-c4ccc(C(C)(O)c5cccc(C(F)F)c5)cc4)c4c(N)nccn34)CN2C1=O. The maximum absolute atomic E-state index is 13.3. The number of nitrogens with two attached hydrogens (primary N) is 1. The molecule has 3 atom stereocenters. The van der Waals surface area contributed by atoms with E-state index in [1.807, 2.05) is 41.5 Å². The number of alkyl halides is 2. The second kappa shape index (κ2) is 9.37. The summed E-state index contributed by atoms with van der Waals surface area (Å²) < 4.78 is 28.5. The van der Waals surface area contributed by atoms with E-state index < -0.39 is 12.0 Å². The predicted molar refractivity (Wildman–Crippen MR) is 149 cm³/mol. The molecule has 7 nitrogen and oxygen atoms in total. The topological polar surface area (TPSA) is 96.8 Å². The number of nitrogens with zero attached hydrogens (tertiary/aromatic N) is 4.